The lowest BCUT2D eigenvalue weighted by Crippen LogP contribution is -2.32. The average Bonchev–Trinajstić information content (AvgIpc) is 2.41. The zero-order chi connectivity index (χ0) is 14.7. The predicted molar refractivity (Wildman–Crippen MR) is 76.4 cm³/mol. The van der Waals surface area contributed by atoms with E-state index in [1.54, 1.807) is 13.0 Å². The molecule has 1 aliphatic carbocycles. The Morgan fingerprint density at radius 3 is 2.55 bits per heavy atom. The third kappa shape index (κ3) is 3.07. The summed E-state index contributed by atoms with van der Waals surface area (Å²) in [5.74, 6) is -0.255. The fourth-order valence-corrected chi connectivity index (χ4v) is 2.72. The number of nitrogens with zero attached hydrogens (tertiary/aromatic N) is 1. The Labute approximate surface area is 117 Å². The zero-order valence-corrected chi connectivity index (χ0v) is 11.5. The number of carbonyl (C=O) groups is 1. The van der Waals surface area contributed by atoms with Gasteiger partial charge < -0.3 is 11.1 Å². The number of hydrogen-bond acceptors (Lipinski definition) is 4. The lowest BCUT2D eigenvalue weighted by Gasteiger charge is -2.28. The second kappa shape index (κ2) is 5.90. The van der Waals surface area contributed by atoms with Crippen molar-refractivity contribution in [3.8, 4) is 0 Å². The van der Waals surface area contributed by atoms with Crippen molar-refractivity contribution in [1.29, 1.82) is 0 Å². The lowest BCUT2D eigenvalue weighted by molar-refractivity contribution is -0.385. The molecule has 0 aliphatic heterocycles. The van der Waals surface area contributed by atoms with Crippen LogP contribution in [0.15, 0.2) is 18.2 Å². The van der Waals surface area contributed by atoms with Gasteiger partial charge in [0.05, 0.1) is 4.92 Å². The van der Waals surface area contributed by atoms with E-state index < -0.39 is 0 Å². The second-order valence-electron chi connectivity index (χ2n) is 5.30. The molecule has 0 atom stereocenters. The van der Waals surface area contributed by atoms with Crippen LogP contribution in [0.2, 0.25) is 0 Å². The van der Waals surface area contributed by atoms with E-state index in [1.165, 1.54) is 6.07 Å². The van der Waals surface area contributed by atoms with Crippen LogP contribution in [0.4, 0.5) is 11.4 Å². The summed E-state index contributed by atoms with van der Waals surface area (Å²) in [6.45, 7) is 1.75. The molecule has 0 aromatic heterocycles. The number of anilines is 1. The summed E-state index contributed by atoms with van der Waals surface area (Å²) in [5.41, 5.74) is 6.87. The highest BCUT2D eigenvalue weighted by Crippen LogP contribution is 2.30. The molecule has 6 heteroatoms. The molecule has 1 saturated carbocycles. The van der Waals surface area contributed by atoms with Crippen LogP contribution >= 0.6 is 0 Å². The van der Waals surface area contributed by atoms with Crippen molar-refractivity contribution in [2.45, 2.75) is 38.6 Å². The molecular weight excluding hydrogens is 258 g/mol. The van der Waals surface area contributed by atoms with Crippen molar-refractivity contribution in [2.24, 2.45) is 11.7 Å². The Bertz CT molecular complexity index is 522. The second-order valence-corrected chi connectivity index (χ2v) is 5.30. The molecule has 3 N–H and O–H groups in total. The lowest BCUT2D eigenvalue weighted by atomic mass is 9.85. The normalized spacial score (nSPS) is 22.2. The number of nitrogens with two attached hydrogens (primary N) is 1. The topological polar surface area (TPSA) is 98.3 Å². The minimum Gasteiger partial charge on any atom is -0.382 e. The molecule has 1 fully saturated rings. The molecule has 6 nitrogen and oxygen atoms in total. The van der Waals surface area contributed by atoms with Gasteiger partial charge in [0.1, 0.15) is 0 Å². The van der Waals surface area contributed by atoms with Crippen molar-refractivity contribution in [3.63, 3.8) is 0 Å². The maximum Gasteiger partial charge on any atom is 0.274 e. The molecule has 1 aromatic carbocycles. The van der Waals surface area contributed by atoms with Gasteiger partial charge in [-0.1, -0.05) is 6.07 Å². The third-order valence-electron chi connectivity index (χ3n) is 3.99. The summed E-state index contributed by atoms with van der Waals surface area (Å²) < 4.78 is 0. The van der Waals surface area contributed by atoms with E-state index >= 15 is 0 Å². The van der Waals surface area contributed by atoms with Gasteiger partial charge in [0, 0.05) is 29.3 Å². The highest BCUT2D eigenvalue weighted by atomic mass is 16.6. The average molecular weight is 277 g/mol. The highest BCUT2D eigenvalue weighted by molar-refractivity contribution is 5.76. The van der Waals surface area contributed by atoms with Crippen LogP contribution in [-0.4, -0.2) is 16.9 Å². The largest absolute Gasteiger partial charge is 0.382 e. The van der Waals surface area contributed by atoms with Gasteiger partial charge in [-0.3, -0.25) is 14.9 Å². The van der Waals surface area contributed by atoms with Crippen molar-refractivity contribution >= 4 is 17.3 Å². The Morgan fingerprint density at radius 2 is 2.00 bits per heavy atom. The molecule has 0 heterocycles. The molecule has 2 rings (SSSR count). The van der Waals surface area contributed by atoms with Crippen LogP contribution in [0.1, 0.15) is 31.2 Å². The SMILES string of the molecule is Cc1c(NC2CCC(C(N)=O)CC2)cccc1[N+](=O)[O-]. The van der Waals surface area contributed by atoms with Crippen LogP contribution in [-0.2, 0) is 4.79 Å². The van der Waals surface area contributed by atoms with E-state index in [2.05, 4.69) is 5.32 Å². The first kappa shape index (κ1) is 14.3. The summed E-state index contributed by atoms with van der Waals surface area (Å²) in [4.78, 5) is 21.7. The fraction of sp³-hybridized carbons (Fsp3) is 0.500. The maximum atomic E-state index is 11.1. The number of amides is 1. The van der Waals surface area contributed by atoms with E-state index in [0.717, 1.165) is 31.4 Å². The van der Waals surface area contributed by atoms with Crippen molar-refractivity contribution in [1.82, 2.24) is 0 Å². The fourth-order valence-electron chi connectivity index (χ4n) is 2.72. The van der Waals surface area contributed by atoms with Crippen LogP contribution in [0.25, 0.3) is 0 Å². The molecule has 0 saturated heterocycles. The van der Waals surface area contributed by atoms with Gasteiger partial charge in [-0.15, -0.1) is 0 Å². The number of nitro benzene ring substituents is 1. The van der Waals surface area contributed by atoms with Gasteiger partial charge in [0.25, 0.3) is 5.69 Å². The van der Waals surface area contributed by atoms with Gasteiger partial charge in [-0.25, -0.2) is 0 Å². The number of nitro groups is 1. The Morgan fingerprint density at radius 1 is 1.35 bits per heavy atom. The Balaban J connectivity index is 2.03. The minimum absolute atomic E-state index is 0.0285. The molecule has 1 amide bonds. The number of benzene rings is 1. The van der Waals surface area contributed by atoms with Crippen molar-refractivity contribution in [2.75, 3.05) is 5.32 Å². The summed E-state index contributed by atoms with van der Waals surface area (Å²) in [6.07, 6.45) is 3.27. The van der Waals surface area contributed by atoms with Crippen molar-refractivity contribution in [3.05, 3.63) is 33.9 Å². The van der Waals surface area contributed by atoms with Crippen molar-refractivity contribution < 1.29 is 9.72 Å². The predicted octanol–water partition coefficient (Wildman–Crippen LogP) is 2.36. The minimum atomic E-state index is -0.371. The van der Waals surface area contributed by atoms with Gasteiger partial charge in [-0.2, -0.15) is 0 Å². The monoisotopic (exact) mass is 277 g/mol. The van der Waals surface area contributed by atoms with Gasteiger partial charge >= 0.3 is 0 Å². The maximum absolute atomic E-state index is 11.1. The zero-order valence-electron chi connectivity index (χ0n) is 11.5. The molecule has 1 aliphatic rings. The van der Waals surface area contributed by atoms with Crippen LogP contribution in [0, 0.1) is 23.0 Å². The van der Waals surface area contributed by atoms with Crippen LogP contribution < -0.4 is 11.1 Å². The van der Waals surface area contributed by atoms with Gasteiger partial charge in [0.2, 0.25) is 5.91 Å². The highest BCUT2D eigenvalue weighted by Gasteiger charge is 2.25. The number of hydrogen-bond donors (Lipinski definition) is 2. The molecule has 20 heavy (non-hydrogen) atoms. The standard InChI is InChI=1S/C14H19N3O3/c1-9-12(3-2-4-13(9)17(19)20)16-11-7-5-10(6-8-11)14(15)18/h2-4,10-11,16H,5-8H2,1H3,(H2,15,18). The molecule has 0 unspecified atom stereocenters. The summed E-state index contributed by atoms with van der Waals surface area (Å²) in [7, 11) is 0. The number of primary amides is 1. The molecule has 1 aromatic rings. The van der Waals surface area contributed by atoms with Gasteiger partial charge in [0.15, 0.2) is 0 Å². The van der Waals surface area contributed by atoms with Crippen LogP contribution in [0.3, 0.4) is 0 Å². The van der Waals surface area contributed by atoms with E-state index in [1.807, 2.05) is 6.07 Å². The quantitative estimate of drug-likeness (QED) is 0.652. The number of nitrogens with one attached hydrogen (secondary N) is 1. The van der Waals surface area contributed by atoms with E-state index in [-0.39, 0.29) is 28.5 Å². The van der Waals surface area contributed by atoms with E-state index in [4.69, 9.17) is 5.73 Å². The first-order valence-corrected chi connectivity index (χ1v) is 6.79. The van der Waals surface area contributed by atoms with Crippen LogP contribution in [0.5, 0.6) is 0 Å². The molecular formula is C14H19N3O3. The third-order valence-corrected chi connectivity index (χ3v) is 3.99. The number of carbonyl (C=O) groups excluding carboxylic acids is 1. The summed E-state index contributed by atoms with van der Waals surface area (Å²) >= 11 is 0. The Hall–Kier alpha value is -2.11. The summed E-state index contributed by atoms with van der Waals surface area (Å²) in [6, 6.07) is 5.28. The van der Waals surface area contributed by atoms with Gasteiger partial charge in [-0.05, 0) is 38.7 Å². The molecule has 0 radical (unpaired) electrons. The smallest absolute Gasteiger partial charge is 0.274 e. The number of rotatable bonds is 4. The molecule has 108 valence electrons. The first-order chi connectivity index (χ1) is 9.49. The first-order valence-electron chi connectivity index (χ1n) is 6.79. The molecule has 0 spiro atoms. The molecule has 0 bridgehead atoms. The Kier molecular flexibility index (Phi) is 4.22. The van der Waals surface area contributed by atoms with E-state index in [9.17, 15) is 14.9 Å². The van der Waals surface area contributed by atoms with E-state index in [0.29, 0.717) is 5.56 Å². The summed E-state index contributed by atoms with van der Waals surface area (Å²) in [5, 5.41) is 14.3.